The summed E-state index contributed by atoms with van der Waals surface area (Å²) in [5, 5.41) is 9.24. The second-order valence-electron chi connectivity index (χ2n) is 3.13. The summed E-state index contributed by atoms with van der Waals surface area (Å²) in [7, 11) is 0. The molecule has 0 saturated heterocycles. The average molecular weight is 203 g/mol. The maximum absolute atomic E-state index is 10.4. The second-order valence-corrected chi connectivity index (χ2v) is 3.13. The van der Waals surface area contributed by atoms with Gasteiger partial charge in [0.15, 0.2) is 12.2 Å². The lowest BCUT2D eigenvalue weighted by molar-refractivity contribution is 0.111. The number of aromatic hydroxyl groups is 1. The fraction of sp³-hybridized carbons (Fsp3) is 0.0909. The molecule has 0 saturated carbocycles. The van der Waals surface area contributed by atoms with Gasteiger partial charge in [-0.1, -0.05) is 12.1 Å². The first-order valence-corrected chi connectivity index (χ1v) is 4.45. The lowest BCUT2D eigenvalue weighted by Gasteiger charge is -1.97. The van der Waals surface area contributed by atoms with E-state index in [1.54, 1.807) is 18.2 Å². The fourth-order valence-electron chi connectivity index (χ4n) is 1.30. The molecule has 1 aromatic heterocycles. The lowest BCUT2D eigenvalue weighted by Crippen LogP contribution is -1.88. The Balaban J connectivity index is 2.18. The minimum absolute atomic E-state index is 0.203. The molecule has 0 fully saturated rings. The Morgan fingerprint density at radius 2 is 2.33 bits per heavy atom. The third-order valence-electron chi connectivity index (χ3n) is 1.96. The van der Waals surface area contributed by atoms with Gasteiger partial charge in [-0.2, -0.15) is 0 Å². The van der Waals surface area contributed by atoms with Crippen LogP contribution in [0.2, 0.25) is 0 Å². The minimum atomic E-state index is 0.203. The van der Waals surface area contributed by atoms with Gasteiger partial charge in [-0.15, -0.1) is 0 Å². The van der Waals surface area contributed by atoms with Crippen LogP contribution in [0.4, 0.5) is 0 Å². The SMILES string of the molecule is O=Cc1coc(Cc2cccc(O)c2)n1. The lowest BCUT2D eigenvalue weighted by atomic mass is 10.1. The largest absolute Gasteiger partial charge is 0.508 e. The van der Waals surface area contributed by atoms with E-state index in [-0.39, 0.29) is 11.4 Å². The standard InChI is InChI=1S/C11H9NO3/c13-6-9-7-15-11(12-9)5-8-2-1-3-10(14)4-8/h1-4,6-7,14H,5H2. The molecular formula is C11H9NO3. The van der Waals surface area contributed by atoms with E-state index < -0.39 is 0 Å². The summed E-state index contributed by atoms with van der Waals surface area (Å²) < 4.78 is 5.08. The number of oxazole rings is 1. The molecule has 0 spiro atoms. The third kappa shape index (κ3) is 2.22. The zero-order chi connectivity index (χ0) is 10.7. The van der Waals surface area contributed by atoms with Gasteiger partial charge < -0.3 is 9.52 Å². The van der Waals surface area contributed by atoms with Crippen molar-refractivity contribution in [3.63, 3.8) is 0 Å². The molecule has 0 radical (unpaired) electrons. The van der Waals surface area contributed by atoms with E-state index in [9.17, 15) is 9.90 Å². The number of carbonyl (C=O) groups is 1. The number of phenols is 1. The van der Waals surface area contributed by atoms with Crippen molar-refractivity contribution in [1.29, 1.82) is 0 Å². The summed E-state index contributed by atoms with van der Waals surface area (Å²) in [5.41, 5.74) is 1.17. The molecule has 0 amide bonds. The zero-order valence-corrected chi connectivity index (χ0v) is 7.88. The number of carbonyl (C=O) groups excluding carboxylic acids is 1. The van der Waals surface area contributed by atoms with E-state index in [2.05, 4.69) is 4.98 Å². The van der Waals surface area contributed by atoms with Crippen LogP contribution in [0.3, 0.4) is 0 Å². The molecule has 2 aromatic rings. The Bertz CT molecular complexity index is 476. The van der Waals surface area contributed by atoms with E-state index >= 15 is 0 Å². The monoisotopic (exact) mass is 203 g/mol. The first kappa shape index (κ1) is 9.45. The Morgan fingerprint density at radius 3 is 3.00 bits per heavy atom. The molecule has 1 heterocycles. The molecule has 4 heteroatoms. The van der Waals surface area contributed by atoms with Gasteiger partial charge in [0.25, 0.3) is 0 Å². The smallest absolute Gasteiger partial charge is 0.199 e. The fourth-order valence-corrected chi connectivity index (χ4v) is 1.30. The highest BCUT2D eigenvalue weighted by Gasteiger charge is 2.04. The van der Waals surface area contributed by atoms with E-state index in [0.717, 1.165) is 5.56 Å². The van der Waals surface area contributed by atoms with Crippen LogP contribution in [0.15, 0.2) is 34.9 Å². The van der Waals surface area contributed by atoms with Gasteiger partial charge in [0, 0.05) is 6.42 Å². The number of nitrogens with zero attached hydrogens (tertiary/aromatic N) is 1. The predicted molar refractivity (Wildman–Crippen MR) is 52.8 cm³/mol. The molecule has 0 aliphatic carbocycles. The Morgan fingerprint density at radius 1 is 1.47 bits per heavy atom. The van der Waals surface area contributed by atoms with Crippen LogP contribution in [-0.4, -0.2) is 16.4 Å². The number of rotatable bonds is 3. The molecule has 76 valence electrons. The van der Waals surface area contributed by atoms with Crippen molar-refractivity contribution in [2.75, 3.05) is 0 Å². The molecule has 0 unspecified atom stereocenters. The van der Waals surface area contributed by atoms with Crippen LogP contribution in [0.5, 0.6) is 5.75 Å². The van der Waals surface area contributed by atoms with Crippen LogP contribution in [-0.2, 0) is 6.42 Å². The van der Waals surface area contributed by atoms with Crippen LogP contribution in [0.1, 0.15) is 21.9 Å². The molecule has 0 aliphatic rings. The molecule has 1 N–H and O–H groups in total. The summed E-state index contributed by atoms with van der Waals surface area (Å²) in [6.07, 6.45) is 2.41. The van der Waals surface area contributed by atoms with Crippen molar-refractivity contribution in [2.45, 2.75) is 6.42 Å². The van der Waals surface area contributed by atoms with Gasteiger partial charge >= 0.3 is 0 Å². The van der Waals surface area contributed by atoms with Gasteiger partial charge in [0.2, 0.25) is 0 Å². The highest BCUT2D eigenvalue weighted by atomic mass is 16.3. The first-order chi connectivity index (χ1) is 7.28. The van der Waals surface area contributed by atoms with Crippen molar-refractivity contribution in [3.8, 4) is 5.75 Å². The molecule has 4 nitrogen and oxygen atoms in total. The third-order valence-corrected chi connectivity index (χ3v) is 1.96. The van der Waals surface area contributed by atoms with Crippen molar-refractivity contribution in [2.24, 2.45) is 0 Å². The van der Waals surface area contributed by atoms with Crippen LogP contribution in [0.25, 0.3) is 0 Å². The van der Waals surface area contributed by atoms with E-state index in [0.29, 0.717) is 18.6 Å². The normalized spacial score (nSPS) is 10.1. The maximum atomic E-state index is 10.4. The number of aromatic nitrogens is 1. The second kappa shape index (κ2) is 3.96. The van der Waals surface area contributed by atoms with Crippen molar-refractivity contribution in [1.82, 2.24) is 4.98 Å². The average Bonchev–Trinajstić information content (AvgIpc) is 2.65. The predicted octanol–water partition coefficient (Wildman–Crippen LogP) is 1.78. The Kier molecular flexibility index (Phi) is 2.49. The van der Waals surface area contributed by atoms with Crippen LogP contribution < -0.4 is 0 Å². The van der Waals surface area contributed by atoms with Gasteiger partial charge in [0.05, 0.1) is 0 Å². The van der Waals surface area contributed by atoms with Gasteiger partial charge in [-0.25, -0.2) is 4.98 Å². The molecule has 15 heavy (non-hydrogen) atoms. The molecular weight excluding hydrogens is 194 g/mol. The first-order valence-electron chi connectivity index (χ1n) is 4.45. The number of benzene rings is 1. The number of phenolic OH excluding ortho intramolecular Hbond substituents is 1. The Hall–Kier alpha value is -2.10. The quantitative estimate of drug-likeness (QED) is 0.772. The summed E-state index contributed by atoms with van der Waals surface area (Å²) in [5.74, 6) is 0.664. The summed E-state index contributed by atoms with van der Waals surface area (Å²) in [6, 6.07) is 6.82. The topological polar surface area (TPSA) is 63.3 Å². The zero-order valence-electron chi connectivity index (χ0n) is 7.88. The molecule has 1 aromatic carbocycles. The number of aldehydes is 1. The van der Waals surface area contributed by atoms with E-state index in [1.807, 2.05) is 6.07 Å². The van der Waals surface area contributed by atoms with Crippen molar-refractivity contribution < 1.29 is 14.3 Å². The Labute approximate surface area is 86.2 Å². The van der Waals surface area contributed by atoms with Crippen molar-refractivity contribution >= 4 is 6.29 Å². The highest BCUT2D eigenvalue weighted by molar-refractivity contribution is 5.70. The van der Waals surface area contributed by atoms with Gasteiger partial charge in [0.1, 0.15) is 17.7 Å². The van der Waals surface area contributed by atoms with Crippen LogP contribution in [0, 0.1) is 0 Å². The summed E-state index contributed by atoms with van der Waals surface area (Å²) in [4.78, 5) is 14.3. The minimum Gasteiger partial charge on any atom is -0.508 e. The van der Waals surface area contributed by atoms with E-state index in [4.69, 9.17) is 4.42 Å². The van der Waals surface area contributed by atoms with Gasteiger partial charge in [-0.05, 0) is 17.7 Å². The van der Waals surface area contributed by atoms with Crippen molar-refractivity contribution in [3.05, 3.63) is 47.7 Å². The molecule has 0 aliphatic heterocycles. The summed E-state index contributed by atoms with van der Waals surface area (Å²) in [6.45, 7) is 0. The summed E-state index contributed by atoms with van der Waals surface area (Å²) >= 11 is 0. The van der Waals surface area contributed by atoms with E-state index in [1.165, 1.54) is 6.26 Å². The number of hydrogen-bond donors (Lipinski definition) is 1. The maximum Gasteiger partial charge on any atom is 0.199 e. The molecule has 2 rings (SSSR count). The highest BCUT2D eigenvalue weighted by Crippen LogP contribution is 2.14. The van der Waals surface area contributed by atoms with Gasteiger partial charge in [-0.3, -0.25) is 4.79 Å². The number of hydrogen-bond acceptors (Lipinski definition) is 4. The molecule has 0 bridgehead atoms. The molecule has 0 atom stereocenters. The van der Waals surface area contributed by atoms with Crippen LogP contribution >= 0.6 is 0 Å².